The SMILES string of the molecule is COC(=O)/C=C1\C=CC(=O)OCC1. The number of carbonyl (C=O) groups is 2. The second-order valence-corrected chi connectivity index (χ2v) is 2.49. The summed E-state index contributed by atoms with van der Waals surface area (Å²) in [5.41, 5.74) is 0.734. The minimum absolute atomic E-state index is 0.300. The van der Waals surface area contributed by atoms with Gasteiger partial charge in [0, 0.05) is 18.6 Å². The van der Waals surface area contributed by atoms with E-state index in [2.05, 4.69) is 4.74 Å². The second kappa shape index (κ2) is 4.45. The number of esters is 2. The van der Waals surface area contributed by atoms with Gasteiger partial charge in [-0.15, -0.1) is 0 Å². The Morgan fingerprint density at radius 3 is 3.08 bits per heavy atom. The molecule has 0 amide bonds. The van der Waals surface area contributed by atoms with E-state index in [9.17, 15) is 9.59 Å². The van der Waals surface area contributed by atoms with Gasteiger partial charge in [0.1, 0.15) is 0 Å². The van der Waals surface area contributed by atoms with Crippen molar-refractivity contribution >= 4 is 11.9 Å². The normalized spacial score (nSPS) is 19.5. The minimum Gasteiger partial charge on any atom is -0.466 e. The maximum absolute atomic E-state index is 10.8. The van der Waals surface area contributed by atoms with Gasteiger partial charge < -0.3 is 9.47 Å². The summed E-state index contributed by atoms with van der Waals surface area (Å²) >= 11 is 0. The van der Waals surface area contributed by atoms with Crippen molar-refractivity contribution in [2.45, 2.75) is 6.42 Å². The van der Waals surface area contributed by atoms with Crippen molar-refractivity contribution in [3.63, 3.8) is 0 Å². The van der Waals surface area contributed by atoms with E-state index in [1.54, 1.807) is 6.08 Å². The van der Waals surface area contributed by atoms with Gasteiger partial charge in [-0.3, -0.25) is 0 Å². The Hall–Kier alpha value is -1.58. The predicted octanol–water partition coefficient (Wildman–Crippen LogP) is 0.589. The average Bonchev–Trinajstić information content (AvgIpc) is 2.31. The van der Waals surface area contributed by atoms with Gasteiger partial charge in [0.05, 0.1) is 13.7 Å². The number of carbonyl (C=O) groups excluding carboxylic acids is 2. The Balaban J connectivity index is 2.69. The summed E-state index contributed by atoms with van der Waals surface area (Å²) in [7, 11) is 1.31. The van der Waals surface area contributed by atoms with Crippen LogP contribution >= 0.6 is 0 Å². The number of hydrogen-bond donors (Lipinski definition) is 0. The molecule has 0 aliphatic carbocycles. The molecule has 0 saturated carbocycles. The van der Waals surface area contributed by atoms with Crippen molar-refractivity contribution in [3.8, 4) is 0 Å². The van der Waals surface area contributed by atoms with Gasteiger partial charge in [-0.25, -0.2) is 9.59 Å². The lowest BCUT2D eigenvalue weighted by atomic mass is 10.2. The molecule has 0 fully saturated rings. The molecule has 70 valence electrons. The predicted molar refractivity (Wildman–Crippen MR) is 44.8 cm³/mol. The molecular formula is C9H10O4. The average molecular weight is 182 g/mol. The Morgan fingerprint density at radius 2 is 2.38 bits per heavy atom. The molecule has 0 aromatic rings. The molecule has 1 rings (SSSR count). The van der Waals surface area contributed by atoms with Crippen LogP contribution in [0.5, 0.6) is 0 Å². The van der Waals surface area contributed by atoms with Gasteiger partial charge in [0.15, 0.2) is 0 Å². The van der Waals surface area contributed by atoms with Crippen LogP contribution in [0.1, 0.15) is 6.42 Å². The third kappa shape index (κ3) is 3.11. The van der Waals surface area contributed by atoms with Crippen LogP contribution in [0.25, 0.3) is 0 Å². The molecule has 1 heterocycles. The molecule has 0 saturated heterocycles. The first kappa shape index (κ1) is 9.51. The third-order valence-corrected chi connectivity index (χ3v) is 1.57. The molecule has 13 heavy (non-hydrogen) atoms. The van der Waals surface area contributed by atoms with E-state index in [0.29, 0.717) is 13.0 Å². The molecular weight excluding hydrogens is 172 g/mol. The molecule has 0 radical (unpaired) electrons. The van der Waals surface area contributed by atoms with Crippen molar-refractivity contribution < 1.29 is 19.1 Å². The zero-order chi connectivity index (χ0) is 9.68. The fourth-order valence-corrected chi connectivity index (χ4v) is 0.907. The zero-order valence-corrected chi connectivity index (χ0v) is 7.28. The summed E-state index contributed by atoms with van der Waals surface area (Å²) in [6, 6.07) is 0. The van der Waals surface area contributed by atoms with Crippen LogP contribution in [-0.4, -0.2) is 25.7 Å². The number of hydrogen-bond acceptors (Lipinski definition) is 4. The van der Waals surface area contributed by atoms with Crippen LogP contribution in [0, 0.1) is 0 Å². The molecule has 0 spiro atoms. The summed E-state index contributed by atoms with van der Waals surface area (Å²) in [6.07, 6.45) is 4.74. The van der Waals surface area contributed by atoms with E-state index in [1.807, 2.05) is 0 Å². The first-order valence-corrected chi connectivity index (χ1v) is 3.86. The van der Waals surface area contributed by atoms with E-state index < -0.39 is 5.97 Å². The lowest BCUT2D eigenvalue weighted by molar-refractivity contribution is -0.137. The molecule has 1 aliphatic rings. The molecule has 4 heteroatoms. The first-order valence-electron chi connectivity index (χ1n) is 3.86. The molecule has 0 bridgehead atoms. The topological polar surface area (TPSA) is 52.6 Å². The first-order chi connectivity index (χ1) is 6.22. The van der Waals surface area contributed by atoms with Crippen LogP contribution in [-0.2, 0) is 19.1 Å². The number of ether oxygens (including phenoxy) is 2. The zero-order valence-electron chi connectivity index (χ0n) is 7.28. The number of allylic oxidation sites excluding steroid dienone is 1. The fourth-order valence-electron chi connectivity index (χ4n) is 0.907. The van der Waals surface area contributed by atoms with Crippen molar-refractivity contribution in [2.24, 2.45) is 0 Å². The molecule has 0 N–H and O–H groups in total. The number of cyclic esters (lactones) is 1. The van der Waals surface area contributed by atoms with Gasteiger partial charge in [-0.1, -0.05) is 6.08 Å². The summed E-state index contributed by atoms with van der Waals surface area (Å²) < 4.78 is 9.18. The van der Waals surface area contributed by atoms with E-state index >= 15 is 0 Å². The third-order valence-electron chi connectivity index (χ3n) is 1.57. The smallest absolute Gasteiger partial charge is 0.330 e. The maximum atomic E-state index is 10.8. The van der Waals surface area contributed by atoms with Crippen molar-refractivity contribution in [2.75, 3.05) is 13.7 Å². The molecule has 0 aromatic heterocycles. The number of rotatable bonds is 1. The lowest BCUT2D eigenvalue weighted by Crippen LogP contribution is -1.99. The van der Waals surface area contributed by atoms with Gasteiger partial charge >= 0.3 is 11.9 Å². The highest BCUT2D eigenvalue weighted by Gasteiger charge is 2.06. The summed E-state index contributed by atoms with van der Waals surface area (Å²) in [5.74, 6) is -0.803. The summed E-state index contributed by atoms with van der Waals surface area (Å²) in [4.78, 5) is 21.5. The quantitative estimate of drug-likeness (QED) is 0.440. The standard InChI is InChI=1S/C9H10O4/c1-12-9(11)6-7-2-3-8(10)13-5-4-7/h2-3,6H,4-5H2,1H3/b7-6+. The minimum atomic E-state index is -0.422. The van der Waals surface area contributed by atoms with Crippen molar-refractivity contribution in [1.29, 1.82) is 0 Å². The molecule has 4 nitrogen and oxygen atoms in total. The summed E-state index contributed by atoms with van der Waals surface area (Å²) in [5, 5.41) is 0. The lowest BCUT2D eigenvalue weighted by Gasteiger charge is -1.98. The van der Waals surface area contributed by atoms with Crippen LogP contribution in [0.2, 0.25) is 0 Å². The van der Waals surface area contributed by atoms with E-state index in [0.717, 1.165) is 5.57 Å². The van der Waals surface area contributed by atoms with Gasteiger partial charge in [0.25, 0.3) is 0 Å². The van der Waals surface area contributed by atoms with E-state index in [-0.39, 0.29) is 5.97 Å². The van der Waals surface area contributed by atoms with Crippen molar-refractivity contribution in [1.82, 2.24) is 0 Å². The maximum Gasteiger partial charge on any atom is 0.330 e. The van der Waals surface area contributed by atoms with Crippen LogP contribution < -0.4 is 0 Å². The van der Waals surface area contributed by atoms with Gasteiger partial charge in [0.2, 0.25) is 0 Å². The Bertz CT molecular complexity index is 275. The number of methoxy groups -OCH3 is 1. The largest absolute Gasteiger partial charge is 0.466 e. The van der Waals surface area contributed by atoms with Crippen LogP contribution in [0.3, 0.4) is 0 Å². The highest BCUT2D eigenvalue weighted by molar-refractivity contribution is 5.86. The van der Waals surface area contributed by atoms with Crippen molar-refractivity contribution in [3.05, 3.63) is 23.8 Å². The highest BCUT2D eigenvalue weighted by atomic mass is 16.5. The monoisotopic (exact) mass is 182 g/mol. The summed E-state index contributed by atoms with van der Waals surface area (Å²) in [6.45, 7) is 0.300. The Kier molecular flexibility index (Phi) is 3.25. The molecule has 0 unspecified atom stereocenters. The van der Waals surface area contributed by atoms with Crippen LogP contribution in [0.15, 0.2) is 23.8 Å². The van der Waals surface area contributed by atoms with Gasteiger partial charge in [-0.05, 0) is 5.57 Å². The van der Waals surface area contributed by atoms with E-state index in [4.69, 9.17) is 4.74 Å². The highest BCUT2D eigenvalue weighted by Crippen LogP contribution is 2.08. The fraction of sp³-hybridized carbons (Fsp3) is 0.333. The molecule has 0 aromatic carbocycles. The molecule has 0 atom stereocenters. The van der Waals surface area contributed by atoms with Gasteiger partial charge in [-0.2, -0.15) is 0 Å². The second-order valence-electron chi connectivity index (χ2n) is 2.49. The van der Waals surface area contributed by atoms with Crippen LogP contribution in [0.4, 0.5) is 0 Å². The Morgan fingerprint density at radius 1 is 1.62 bits per heavy atom. The van der Waals surface area contributed by atoms with E-state index in [1.165, 1.54) is 19.3 Å². The molecule has 1 aliphatic heterocycles. The Labute approximate surface area is 75.8 Å².